The van der Waals surface area contributed by atoms with Crippen molar-refractivity contribution in [3.8, 4) is 11.3 Å². The number of rotatable bonds is 5. The number of piperazine rings is 1. The van der Waals surface area contributed by atoms with Gasteiger partial charge in [0, 0.05) is 68.1 Å². The van der Waals surface area contributed by atoms with Gasteiger partial charge in [-0.05, 0) is 60.0 Å². The molecule has 1 aliphatic heterocycles. The summed E-state index contributed by atoms with van der Waals surface area (Å²) in [7, 11) is 4.25. The van der Waals surface area contributed by atoms with Crippen molar-refractivity contribution in [2.24, 2.45) is 7.05 Å². The van der Waals surface area contributed by atoms with Crippen LogP contribution in [0.4, 0.5) is 11.5 Å². The first-order valence-corrected chi connectivity index (χ1v) is 11.1. The van der Waals surface area contributed by atoms with Crippen molar-refractivity contribution in [2.75, 3.05) is 43.4 Å². The third-order valence-electron chi connectivity index (χ3n) is 6.30. The first-order chi connectivity index (χ1) is 15.6. The Kier molecular flexibility index (Phi) is 5.41. The molecule has 0 radical (unpaired) electrons. The number of likely N-dealkylation sites (N-methyl/N-ethyl adjacent to an activating group) is 1. The first-order valence-electron chi connectivity index (χ1n) is 11.1. The molecule has 0 spiro atoms. The molecule has 162 valence electrons. The maximum atomic E-state index is 4.61. The number of aryl methyl sites for hydroxylation is 1. The van der Waals surface area contributed by atoms with Crippen LogP contribution in [0.25, 0.3) is 27.7 Å². The summed E-state index contributed by atoms with van der Waals surface area (Å²) in [5.74, 6) is 0.802. The lowest BCUT2D eigenvalue weighted by Gasteiger charge is -2.34. The van der Waals surface area contributed by atoms with E-state index >= 15 is 0 Å². The zero-order valence-corrected chi connectivity index (χ0v) is 18.8. The lowest BCUT2D eigenvalue weighted by atomic mass is 10.1. The quantitative estimate of drug-likeness (QED) is 0.486. The van der Waals surface area contributed by atoms with Gasteiger partial charge in [-0.1, -0.05) is 30.8 Å². The highest BCUT2D eigenvalue weighted by atomic mass is 15.2. The van der Waals surface area contributed by atoms with Crippen LogP contribution in [0.5, 0.6) is 0 Å². The third-order valence-corrected chi connectivity index (χ3v) is 6.30. The molecule has 0 unspecified atom stereocenters. The molecule has 1 aliphatic rings. The van der Waals surface area contributed by atoms with Crippen LogP contribution in [0, 0.1) is 0 Å². The number of hydrogen-bond donors (Lipinski definition) is 1. The Morgan fingerprint density at radius 2 is 1.75 bits per heavy atom. The number of fused-ring (bicyclic) bond motifs is 1. The highest BCUT2D eigenvalue weighted by Crippen LogP contribution is 2.27. The monoisotopic (exact) mass is 423 g/mol. The Morgan fingerprint density at radius 1 is 0.906 bits per heavy atom. The number of pyridine rings is 1. The standard InChI is InChI=1S/C27H29N5/c1-20(21-6-4-7-25(17-21)32-14-12-30(2)13-15-32)29-27-18-24-16-22(9-10-23(24)19-28-27)26-8-5-11-31(26)3/h4-11,16-19H,1,12-15H2,2-3H3,(H,28,29). The summed E-state index contributed by atoms with van der Waals surface area (Å²) in [6, 6.07) is 21.4. The SMILES string of the molecule is C=C(Nc1cc2cc(-c3cccn3C)ccc2cn1)c1cccc(N2CCN(C)CC2)c1. The van der Waals surface area contributed by atoms with E-state index in [9.17, 15) is 0 Å². The van der Waals surface area contributed by atoms with Gasteiger partial charge in [0.25, 0.3) is 0 Å². The molecule has 2 aromatic carbocycles. The summed E-state index contributed by atoms with van der Waals surface area (Å²) in [6.07, 6.45) is 3.99. The fourth-order valence-corrected chi connectivity index (χ4v) is 4.31. The van der Waals surface area contributed by atoms with Gasteiger partial charge in [0.05, 0.1) is 0 Å². The second-order valence-electron chi connectivity index (χ2n) is 8.58. The van der Waals surface area contributed by atoms with Crippen molar-refractivity contribution < 1.29 is 0 Å². The fraction of sp³-hybridized carbons (Fsp3) is 0.222. The van der Waals surface area contributed by atoms with Crippen molar-refractivity contribution in [2.45, 2.75) is 0 Å². The number of benzene rings is 2. The summed E-state index contributed by atoms with van der Waals surface area (Å²) in [6.45, 7) is 8.57. The highest BCUT2D eigenvalue weighted by Gasteiger charge is 2.15. The van der Waals surface area contributed by atoms with Crippen LogP contribution in [0.3, 0.4) is 0 Å². The zero-order chi connectivity index (χ0) is 22.1. The average Bonchev–Trinajstić information content (AvgIpc) is 3.25. The van der Waals surface area contributed by atoms with Crippen molar-refractivity contribution in [1.29, 1.82) is 0 Å². The van der Waals surface area contributed by atoms with E-state index in [0.29, 0.717) is 0 Å². The first kappa shape index (κ1) is 20.3. The minimum absolute atomic E-state index is 0.802. The molecular weight excluding hydrogens is 394 g/mol. The van der Waals surface area contributed by atoms with Crippen molar-refractivity contribution in [3.05, 3.63) is 85.2 Å². The average molecular weight is 424 g/mol. The number of nitrogens with zero attached hydrogens (tertiary/aromatic N) is 4. The molecule has 1 saturated heterocycles. The predicted octanol–water partition coefficient (Wildman–Crippen LogP) is 5.07. The lowest BCUT2D eigenvalue weighted by Crippen LogP contribution is -2.44. The smallest absolute Gasteiger partial charge is 0.130 e. The van der Waals surface area contributed by atoms with Gasteiger partial charge < -0.3 is 19.7 Å². The summed E-state index contributed by atoms with van der Waals surface area (Å²) in [5, 5.41) is 5.69. The highest BCUT2D eigenvalue weighted by molar-refractivity contribution is 5.89. The molecule has 32 heavy (non-hydrogen) atoms. The summed E-state index contributed by atoms with van der Waals surface area (Å²) >= 11 is 0. The van der Waals surface area contributed by atoms with E-state index in [1.54, 1.807) is 0 Å². The Bertz CT molecular complexity index is 1260. The van der Waals surface area contributed by atoms with E-state index in [1.165, 1.54) is 16.9 Å². The molecule has 5 heteroatoms. The molecule has 0 amide bonds. The van der Waals surface area contributed by atoms with E-state index in [4.69, 9.17) is 0 Å². The molecule has 0 saturated carbocycles. The largest absolute Gasteiger partial charge is 0.369 e. The summed E-state index contributed by atoms with van der Waals surface area (Å²) in [4.78, 5) is 9.42. The Hall–Kier alpha value is -3.57. The maximum Gasteiger partial charge on any atom is 0.130 e. The molecule has 1 N–H and O–H groups in total. The zero-order valence-electron chi connectivity index (χ0n) is 18.8. The van der Waals surface area contributed by atoms with Gasteiger partial charge in [0.2, 0.25) is 0 Å². The second kappa shape index (κ2) is 8.52. The molecule has 0 atom stereocenters. The fourth-order valence-electron chi connectivity index (χ4n) is 4.31. The Morgan fingerprint density at radius 3 is 2.53 bits per heavy atom. The molecule has 0 aliphatic carbocycles. The van der Waals surface area contributed by atoms with Crippen LogP contribution in [-0.4, -0.2) is 47.7 Å². The van der Waals surface area contributed by atoms with Crippen LogP contribution in [0.15, 0.2) is 79.6 Å². The number of nitrogens with one attached hydrogen (secondary N) is 1. The van der Waals surface area contributed by atoms with Gasteiger partial charge in [-0.15, -0.1) is 0 Å². The molecule has 2 aromatic heterocycles. The van der Waals surface area contributed by atoms with Gasteiger partial charge in [0.15, 0.2) is 0 Å². The molecule has 5 rings (SSSR count). The number of anilines is 2. The van der Waals surface area contributed by atoms with Gasteiger partial charge in [-0.25, -0.2) is 4.98 Å². The van der Waals surface area contributed by atoms with Crippen molar-refractivity contribution in [1.82, 2.24) is 14.5 Å². The molecule has 4 aromatic rings. The third kappa shape index (κ3) is 4.12. The van der Waals surface area contributed by atoms with E-state index < -0.39 is 0 Å². The Labute approximate surface area is 189 Å². The molecule has 3 heterocycles. The van der Waals surface area contributed by atoms with Crippen LogP contribution in [0.1, 0.15) is 5.56 Å². The molecule has 5 nitrogen and oxygen atoms in total. The number of hydrogen-bond acceptors (Lipinski definition) is 4. The van der Waals surface area contributed by atoms with E-state index in [0.717, 1.165) is 54.0 Å². The van der Waals surface area contributed by atoms with Crippen molar-refractivity contribution >= 4 is 28.0 Å². The van der Waals surface area contributed by atoms with Gasteiger partial charge in [0.1, 0.15) is 5.82 Å². The van der Waals surface area contributed by atoms with Gasteiger partial charge >= 0.3 is 0 Å². The minimum Gasteiger partial charge on any atom is -0.369 e. The van der Waals surface area contributed by atoms with Crippen LogP contribution in [-0.2, 0) is 7.05 Å². The van der Waals surface area contributed by atoms with Crippen LogP contribution < -0.4 is 10.2 Å². The Balaban J connectivity index is 1.36. The van der Waals surface area contributed by atoms with Crippen LogP contribution >= 0.6 is 0 Å². The normalized spacial score (nSPS) is 14.6. The second-order valence-corrected chi connectivity index (χ2v) is 8.58. The maximum absolute atomic E-state index is 4.61. The summed E-state index contributed by atoms with van der Waals surface area (Å²) in [5.41, 5.74) is 5.58. The molecule has 0 bridgehead atoms. The molecule has 1 fully saturated rings. The minimum atomic E-state index is 0.802. The van der Waals surface area contributed by atoms with Gasteiger partial charge in [-0.3, -0.25) is 0 Å². The van der Waals surface area contributed by atoms with E-state index in [-0.39, 0.29) is 0 Å². The van der Waals surface area contributed by atoms with E-state index in [1.807, 2.05) is 6.20 Å². The summed E-state index contributed by atoms with van der Waals surface area (Å²) < 4.78 is 2.14. The number of aromatic nitrogens is 2. The van der Waals surface area contributed by atoms with Crippen molar-refractivity contribution in [3.63, 3.8) is 0 Å². The molecular formula is C27H29N5. The predicted molar refractivity (Wildman–Crippen MR) is 135 cm³/mol. The van der Waals surface area contributed by atoms with E-state index in [2.05, 4.69) is 112 Å². The lowest BCUT2D eigenvalue weighted by molar-refractivity contribution is 0.313. The van der Waals surface area contributed by atoms with Crippen LogP contribution in [0.2, 0.25) is 0 Å². The van der Waals surface area contributed by atoms with Gasteiger partial charge in [-0.2, -0.15) is 0 Å². The topological polar surface area (TPSA) is 36.3 Å².